The molecule has 0 aliphatic rings. The first-order chi connectivity index (χ1) is 12.8. The summed E-state index contributed by atoms with van der Waals surface area (Å²) in [6, 6.07) is 21.0. The Morgan fingerprint density at radius 2 is 1.31 bits per heavy atom. The van der Waals surface area contributed by atoms with Gasteiger partial charge in [0, 0.05) is 11.1 Å². The summed E-state index contributed by atoms with van der Waals surface area (Å²) in [6.45, 7) is 6.77. The smallest absolute Gasteiger partial charge is 0.291 e. The Hall–Kier alpha value is -2.39. The minimum atomic E-state index is 1.05. The van der Waals surface area contributed by atoms with Gasteiger partial charge in [-0.25, -0.2) is 0 Å². The number of aromatic nitrogens is 2. The second-order valence-electron chi connectivity index (χ2n) is 6.85. The van der Waals surface area contributed by atoms with Crippen molar-refractivity contribution in [2.45, 2.75) is 39.5 Å². The van der Waals surface area contributed by atoms with E-state index in [0.717, 1.165) is 30.4 Å². The zero-order chi connectivity index (χ0) is 18.2. The summed E-state index contributed by atoms with van der Waals surface area (Å²) in [5.74, 6) is 1.07. The molecule has 0 bridgehead atoms. The SMILES string of the molecule is CCCC[NH+](CCCC)c1nc(-c2ccccc2)c(-c2ccccc2)[nH]1. The minimum Gasteiger partial charge on any atom is -0.291 e. The molecule has 136 valence electrons. The van der Waals surface area contributed by atoms with Crippen LogP contribution in [-0.2, 0) is 0 Å². The number of aromatic amines is 1. The maximum Gasteiger partial charge on any atom is 0.305 e. The molecule has 26 heavy (non-hydrogen) atoms. The maximum absolute atomic E-state index is 5.07. The first kappa shape index (κ1) is 18.4. The average Bonchev–Trinajstić information content (AvgIpc) is 3.15. The van der Waals surface area contributed by atoms with E-state index >= 15 is 0 Å². The van der Waals surface area contributed by atoms with E-state index in [-0.39, 0.29) is 0 Å². The van der Waals surface area contributed by atoms with Crippen LogP contribution in [-0.4, -0.2) is 23.1 Å². The van der Waals surface area contributed by atoms with Crippen LogP contribution in [0.25, 0.3) is 22.5 Å². The van der Waals surface area contributed by atoms with Crippen molar-refractivity contribution in [3.8, 4) is 22.5 Å². The summed E-state index contributed by atoms with van der Waals surface area (Å²) in [5, 5.41) is 0. The molecule has 0 fully saturated rings. The summed E-state index contributed by atoms with van der Waals surface area (Å²) in [7, 11) is 0. The minimum absolute atomic E-state index is 1.05. The molecule has 3 heteroatoms. The van der Waals surface area contributed by atoms with Crippen molar-refractivity contribution in [2.24, 2.45) is 0 Å². The first-order valence-electron chi connectivity index (χ1n) is 9.89. The molecular weight excluding hydrogens is 318 g/mol. The van der Waals surface area contributed by atoms with Crippen LogP contribution in [0.3, 0.4) is 0 Å². The number of imidazole rings is 1. The predicted molar refractivity (Wildman–Crippen MR) is 110 cm³/mol. The van der Waals surface area contributed by atoms with Gasteiger partial charge in [0.1, 0.15) is 5.69 Å². The van der Waals surface area contributed by atoms with E-state index in [1.54, 1.807) is 0 Å². The molecule has 3 aromatic rings. The average molecular weight is 349 g/mol. The van der Waals surface area contributed by atoms with Gasteiger partial charge in [-0.1, -0.05) is 87.4 Å². The molecule has 1 aromatic heterocycles. The van der Waals surface area contributed by atoms with Gasteiger partial charge in [0.15, 0.2) is 0 Å². The topological polar surface area (TPSA) is 33.1 Å². The van der Waals surface area contributed by atoms with Crippen LogP contribution in [0.1, 0.15) is 39.5 Å². The number of rotatable bonds is 9. The van der Waals surface area contributed by atoms with Crippen LogP contribution >= 0.6 is 0 Å². The number of benzene rings is 2. The molecule has 0 radical (unpaired) electrons. The van der Waals surface area contributed by atoms with Crippen LogP contribution in [0.5, 0.6) is 0 Å². The van der Waals surface area contributed by atoms with E-state index in [4.69, 9.17) is 4.98 Å². The summed E-state index contributed by atoms with van der Waals surface area (Å²) in [5.41, 5.74) is 4.53. The number of hydrogen-bond donors (Lipinski definition) is 2. The van der Waals surface area contributed by atoms with Crippen LogP contribution in [0, 0.1) is 0 Å². The lowest BCUT2D eigenvalue weighted by Crippen LogP contribution is -3.07. The highest BCUT2D eigenvalue weighted by Crippen LogP contribution is 2.30. The van der Waals surface area contributed by atoms with E-state index < -0.39 is 0 Å². The van der Waals surface area contributed by atoms with E-state index in [2.05, 4.69) is 79.5 Å². The number of nitrogens with zero attached hydrogens (tertiary/aromatic N) is 1. The van der Waals surface area contributed by atoms with Crippen molar-refractivity contribution >= 4 is 5.95 Å². The summed E-state index contributed by atoms with van der Waals surface area (Å²) in [6.07, 6.45) is 4.88. The van der Waals surface area contributed by atoms with Crippen molar-refractivity contribution in [2.75, 3.05) is 13.1 Å². The monoisotopic (exact) mass is 348 g/mol. The van der Waals surface area contributed by atoms with Gasteiger partial charge in [-0.3, -0.25) is 9.88 Å². The molecule has 0 saturated heterocycles. The van der Waals surface area contributed by atoms with Gasteiger partial charge in [0.05, 0.1) is 18.8 Å². The molecule has 3 nitrogen and oxygen atoms in total. The van der Waals surface area contributed by atoms with E-state index in [0.29, 0.717) is 0 Å². The van der Waals surface area contributed by atoms with Crippen molar-refractivity contribution in [1.29, 1.82) is 0 Å². The highest BCUT2D eigenvalue weighted by atomic mass is 15.3. The fourth-order valence-corrected chi connectivity index (χ4v) is 3.30. The Morgan fingerprint density at radius 3 is 1.85 bits per heavy atom. The number of hydrogen-bond acceptors (Lipinski definition) is 1. The fraction of sp³-hybridized carbons (Fsp3) is 0.348. The Morgan fingerprint density at radius 1 is 0.769 bits per heavy atom. The molecule has 1 heterocycles. The third kappa shape index (κ3) is 4.41. The first-order valence-corrected chi connectivity index (χ1v) is 9.89. The number of H-pyrrole nitrogens is 1. The zero-order valence-corrected chi connectivity index (χ0v) is 16.0. The molecule has 0 amide bonds. The van der Waals surface area contributed by atoms with Crippen LogP contribution < -0.4 is 4.90 Å². The third-order valence-corrected chi connectivity index (χ3v) is 4.81. The quantitative estimate of drug-likeness (QED) is 0.569. The summed E-state index contributed by atoms with van der Waals surface area (Å²) >= 11 is 0. The normalized spacial score (nSPS) is 11.2. The van der Waals surface area contributed by atoms with Crippen molar-refractivity contribution in [1.82, 2.24) is 9.97 Å². The Kier molecular flexibility index (Phi) is 6.62. The second-order valence-corrected chi connectivity index (χ2v) is 6.85. The maximum atomic E-state index is 5.07. The zero-order valence-electron chi connectivity index (χ0n) is 16.0. The van der Waals surface area contributed by atoms with Crippen molar-refractivity contribution in [3.05, 3.63) is 60.7 Å². The Bertz CT molecular complexity index is 713. The fourth-order valence-electron chi connectivity index (χ4n) is 3.30. The third-order valence-electron chi connectivity index (χ3n) is 4.81. The van der Waals surface area contributed by atoms with Gasteiger partial charge in [0.2, 0.25) is 0 Å². The predicted octanol–water partition coefficient (Wildman–Crippen LogP) is 4.86. The van der Waals surface area contributed by atoms with Gasteiger partial charge in [-0.2, -0.15) is 4.98 Å². The Labute approximate surface area is 157 Å². The standard InChI is InChI=1S/C23H29N3/c1-3-5-17-26(18-6-4-2)23-24-21(19-13-9-7-10-14-19)22(25-23)20-15-11-8-12-16-20/h7-16H,3-6,17-18H2,1-2H3,(H,24,25)/p+1. The molecule has 0 atom stereocenters. The lowest BCUT2D eigenvalue weighted by Gasteiger charge is -2.15. The van der Waals surface area contributed by atoms with Crippen LogP contribution in [0.15, 0.2) is 60.7 Å². The lowest BCUT2D eigenvalue weighted by molar-refractivity contribution is -0.838. The number of unbranched alkanes of at least 4 members (excludes halogenated alkanes) is 2. The largest absolute Gasteiger partial charge is 0.305 e. The van der Waals surface area contributed by atoms with Gasteiger partial charge in [-0.15, -0.1) is 0 Å². The molecule has 0 spiro atoms. The number of nitrogens with one attached hydrogen (secondary N) is 2. The highest BCUT2D eigenvalue weighted by molar-refractivity contribution is 5.79. The molecule has 2 N–H and O–H groups in total. The molecule has 2 aromatic carbocycles. The second kappa shape index (κ2) is 9.35. The van der Waals surface area contributed by atoms with Crippen molar-refractivity contribution in [3.63, 3.8) is 0 Å². The Balaban J connectivity index is 2.02. The molecule has 0 aliphatic heterocycles. The van der Waals surface area contributed by atoms with E-state index in [1.165, 1.54) is 41.7 Å². The molecule has 0 unspecified atom stereocenters. The highest BCUT2D eigenvalue weighted by Gasteiger charge is 2.21. The van der Waals surface area contributed by atoms with Gasteiger partial charge < -0.3 is 0 Å². The molecular formula is C23H30N3+. The lowest BCUT2D eigenvalue weighted by atomic mass is 10.1. The van der Waals surface area contributed by atoms with Crippen LogP contribution in [0.2, 0.25) is 0 Å². The number of quaternary nitrogens is 1. The van der Waals surface area contributed by atoms with E-state index in [9.17, 15) is 0 Å². The molecule has 3 rings (SSSR count). The van der Waals surface area contributed by atoms with Crippen molar-refractivity contribution < 1.29 is 4.90 Å². The summed E-state index contributed by atoms with van der Waals surface area (Å²) in [4.78, 5) is 10.2. The van der Waals surface area contributed by atoms with Gasteiger partial charge >= 0.3 is 5.95 Å². The van der Waals surface area contributed by atoms with Crippen LogP contribution in [0.4, 0.5) is 5.95 Å². The summed E-state index contributed by atoms with van der Waals surface area (Å²) < 4.78 is 0. The molecule has 0 saturated carbocycles. The van der Waals surface area contributed by atoms with E-state index in [1.807, 2.05) is 0 Å². The van der Waals surface area contributed by atoms with Gasteiger partial charge in [0.25, 0.3) is 0 Å². The molecule has 0 aliphatic carbocycles. The van der Waals surface area contributed by atoms with Gasteiger partial charge in [-0.05, 0) is 12.8 Å².